The van der Waals surface area contributed by atoms with Crippen LogP contribution in [0.4, 0.5) is 0 Å². The minimum Gasteiger partial charge on any atom is -0.502 e. The van der Waals surface area contributed by atoms with Crippen molar-refractivity contribution in [2.24, 2.45) is 17.8 Å². The summed E-state index contributed by atoms with van der Waals surface area (Å²) < 4.78 is 5.81. The summed E-state index contributed by atoms with van der Waals surface area (Å²) in [5.74, 6) is 0.722. The summed E-state index contributed by atoms with van der Waals surface area (Å²) in [7, 11) is 0. The minimum atomic E-state index is -0.140. The number of Topliss-reactive ketones (excluding diaryl/α,β-unsaturated/α-hetero) is 1. The summed E-state index contributed by atoms with van der Waals surface area (Å²) in [5.41, 5.74) is 0. The van der Waals surface area contributed by atoms with Crippen LogP contribution >= 0.6 is 0 Å². The maximum Gasteiger partial charge on any atom is 0.208 e. The van der Waals surface area contributed by atoms with Crippen molar-refractivity contribution in [3.05, 3.63) is 23.7 Å². The third-order valence-electron chi connectivity index (χ3n) is 4.08. The van der Waals surface area contributed by atoms with E-state index in [1.807, 2.05) is 6.92 Å². The molecule has 3 aliphatic carbocycles. The van der Waals surface area contributed by atoms with Crippen molar-refractivity contribution in [1.29, 1.82) is 0 Å². The quantitative estimate of drug-likeness (QED) is 0.690. The van der Waals surface area contributed by atoms with Gasteiger partial charge in [0.25, 0.3) is 0 Å². The number of ether oxygens (including phenoxy) is 1. The zero-order valence-electron chi connectivity index (χ0n) is 9.35. The van der Waals surface area contributed by atoms with Gasteiger partial charge >= 0.3 is 0 Å². The molecule has 4 rings (SSSR count). The Bertz CT molecular complexity index is 394. The second kappa shape index (κ2) is 3.37. The maximum absolute atomic E-state index is 12.1. The molecule has 0 aromatic rings. The molecule has 0 aromatic heterocycles. The molecule has 1 fully saturated rings. The van der Waals surface area contributed by atoms with Crippen molar-refractivity contribution in [3.63, 3.8) is 0 Å². The van der Waals surface area contributed by atoms with Crippen molar-refractivity contribution in [2.45, 2.75) is 32.3 Å². The molecular weight excluding hydrogens is 204 g/mol. The molecule has 4 atom stereocenters. The molecular formula is C13H16O3. The maximum atomic E-state index is 12.1. The molecule has 0 aromatic carbocycles. The summed E-state index contributed by atoms with van der Waals surface area (Å²) in [6.07, 6.45) is 7.02. The second-order valence-electron chi connectivity index (χ2n) is 4.89. The lowest BCUT2D eigenvalue weighted by atomic mass is 9.64. The fourth-order valence-corrected chi connectivity index (χ4v) is 3.22. The average molecular weight is 220 g/mol. The molecule has 0 spiro atoms. The van der Waals surface area contributed by atoms with Gasteiger partial charge in [-0.05, 0) is 18.8 Å². The zero-order valence-corrected chi connectivity index (χ0v) is 9.35. The number of aliphatic hydroxyl groups is 1. The molecule has 1 saturated carbocycles. The van der Waals surface area contributed by atoms with Gasteiger partial charge in [-0.25, -0.2) is 0 Å². The first-order valence-corrected chi connectivity index (χ1v) is 6.03. The van der Waals surface area contributed by atoms with Crippen LogP contribution in [0.1, 0.15) is 26.2 Å². The largest absolute Gasteiger partial charge is 0.502 e. The average Bonchev–Trinajstić information content (AvgIpc) is 2.34. The molecule has 0 amide bonds. The van der Waals surface area contributed by atoms with Crippen LogP contribution in [0.3, 0.4) is 0 Å². The summed E-state index contributed by atoms with van der Waals surface area (Å²) >= 11 is 0. The van der Waals surface area contributed by atoms with E-state index in [-0.39, 0.29) is 29.5 Å². The van der Waals surface area contributed by atoms with E-state index < -0.39 is 0 Å². The highest BCUT2D eigenvalue weighted by Gasteiger charge is 2.50. The predicted molar refractivity (Wildman–Crippen MR) is 58.7 cm³/mol. The fourth-order valence-electron chi connectivity index (χ4n) is 3.22. The van der Waals surface area contributed by atoms with Gasteiger partial charge in [-0.2, -0.15) is 0 Å². The van der Waals surface area contributed by atoms with E-state index >= 15 is 0 Å². The molecule has 4 aliphatic rings. The van der Waals surface area contributed by atoms with Crippen LogP contribution in [-0.2, 0) is 9.53 Å². The molecule has 1 aliphatic heterocycles. The van der Waals surface area contributed by atoms with Crippen LogP contribution in [0.25, 0.3) is 0 Å². The predicted octanol–water partition coefficient (Wildman–Crippen LogP) is 2.35. The van der Waals surface area contributed by atoms with E-state index in [0.29, 0.717) is 18.1 Å². The molecule has 16 heavy (non-hydrogen) atoms. The Morgan fingerprint density at radius 3 is 2.69 bits per heavy atom. The van der Waals surface area contributed by atoms with Gasteiger partial charge in [0.15, 0.2) is 5.76 Å². The van der Waals surface area contributed by atoms with Crippen molar-refractivity contribution < 1.29 is 14.6 Å². The Labute approximate surface area is 94.8 Å². The summed E-state index contributed by atoms with van der Waals surface area (Å²) in [6.45, 7) is 1.90. The molecule has 86 valence electrons. The van der Waals surface area contributed by atoms with Gasteiger partial charge in [-0.15, -0.1) is 0 Å². The Kier molecular flexibility index (Phi) is 2.09. The number of rotatable bonds is 1. The summed E-state index contributed by atoms with van der Waals surface area (Å²) in [4.78, 5) is 12.1. The highest BCUT2D eigenvalue weighted by atomic mass is 16.5. The zero-order chi connectivity index (χ0) is 11.3. The molecule has 1 N–H and O–H groups in total. The van der Waals surface area contributed by atoms with Crippen LogP contribution in [-0.4, -0.2) is 17.0 Å². The lowest BCUT2D eigenvalue weighted by molar-refractivity contribution is -0.138. The van der Waals surface area contributed by atoms with E-state index in [2.05, 4.69) is 12.2 Å². The number of ketones is 1. The molecule has 3 heteroatoms. The Morgan fingerprint density at radius 1 is 1.38 bits per heavy atom. The van der Waals surface area contributed by atoms with Crippen LogP contribution in [0, 0.1) is 17.8 Å². The number of fused-ring (bicyclic) bond motifs is 1. The van der Waals surface area contributed by atoms with E-state index in [9.17, 15) is 9.90 Å². The number of aliphatic hydroxyl groups excluding tert-OH is 1. The number of hydrogen-bond acceptors (Lipinski definition) is 3. The SMILES string of the molecule is CCC1=C(O)C(=O)C2C3C=CC(CC3)C2O1. The Hall–Kier alpha value is -1.25. The van der Waals surface area contributed by atoms with Gasteiger partial charge in [0, 0.05) is 12.3 Å². The highest BCUT2D eigenvalue weighted by Crippen LogP contribution is 2.46. The molecule has 4 unspecified atom stereocenters. The number of carbonyl (C=O) groups is 1. The number of hydrogen-bond donors (Lipinski definition) is 1. The van der Waals surface area contributed by atoms with Crippen LogP contribution in [0.5, 0.6) is 0 Å². The third-order valence-corrected chi connectivity index (χ3v) is 4.08. The number of carbonyl (C=O) groups excluding carboxylic acids is 1. The fraction of sp³-hybridized carbons (Fsp3) is 0.615. The highest BCUT2D eigenvalue weighted by molar-refractivity contribution is 5.97. The first-order valence-electron chi connectivity index (χ1n) is 6.03. The smallest absolute Gasteiger partial charge is 0.208 e. The van der Waals surface area contributed by atoms with Crippen LogP contribution in [0.15, 0.2) is 23.7 Å². The van der Waals surface area contributed by atoms with Crippen molar-refractivity contribution >= 4 is 5.78 Å². The molecule has 2 bridgehead atoms. The Morgan fingerprint density at radius 2 is 2.06 bits per heavy atom. The standard InChI is InChI=1S/C13H16O3/c1-2-9-11(14)12(15)10-7-3-5-8(6-4-7)13(10)16-9/h3,5,7-8,10,13-14H,2,4,6H2,1H3. The first kappa shape index (κ1) is 9.94. The number of allylic oxidation sites excluding steroid dienone is 3. The molecule has 1 heterocycles. The lowest BCUT2D eigenvalue weighted by Gasteiger charge is -2.46. The van der Waals surface area contributed by atoms with Crippen molar-refractivity contribution in [2.75, 3.05) is 0 Å². The monoisotopic (exact) mass is 220 g/mol. The second-order valence-corrected chi connectivity index (χ2v) is 4.89. The normalized spacial score (nSPS) is 40.9. The van der Waals surface area contributed by atoms with Crippen LogP contribution in [0.2, 0.25) is 0 Å². The summed E-state index contributed by atoms with van der Waals surface area (Å²) in [5, 5.41) is 9.79. The van der Waals surface area contributed by atoms with Crippen molar-refractivity contribution in [1.82, 2.24) is 0 Å². The lowest BCUT2D eigenvalue weighted by Crippen LogP contribution is -2.49. The van der Waals surface area contributed by atoms with Gasteiger partial charge in [0.1, 0.15) is 11.9 Å². The molecule has 0 radical (unpaired) electrons. The van der Waals surface area contributed by atoms with E-state index in [1.54, 1.807) is 0 Å². The van der Waals surface area contributed by atoms with Gasteiger partial charge in [0.2, 0.25) is 5.78 Å². The van der Waals surface area contributed by atoms with E-state index in [4.69, 9.17) is 4.74 Å². The molecule has 3 nitrogen and oxygen atoms in total. The van der Waals surface area contributed by atoms with Gasteiger partial charge in [-0.3, -0.25) is 4.79 Å². The summed E-state index contributed by atoms with van der Waals surface area (Å²) in [6, 6.07) is 0. The van der Waals surface area contributed by atoms with E-state index in [0.717, 1.165) is 12.8 Å². The first-order chi connectivity index (χ1) is 7.72. The van der Waals surface area contributed by atoms with E-state index in [1.165, 1.54) is 0 Å². The molecule has 0 saturated heterocycles. The van der Waals surface area contributed by atoms with Gasteiger partial charge < -0.3 is 9.84 Å². The van der Waals surface area contributed by atoms with Gasteiger partial charge in [-0.1, -0.05) is 19.1 Å². The van der Waals surface area contributed by atoms with Crippen molar-refractivity contribution in [3.8, 4) is 0 Å². The third kappa shape index (κ3) is 1.17. The topological polar surface area (TPSA) is 46.5 Å². The minimum absolute atomic E-state index is 0.0258. The van der Waals surface area contributed by atoms with Gasteiger partial charge in [0.05, 0.1) is 5.92 Å². The Balaban J connectivity index is 2.01. The van der Waals surface area contributed by atoms with Crippen LogP contribution < -0.4 is 0 Å².